The monoisotopic (exact) mass is 347 g/mol. The van der Waals surface area contributed by atoms with Gasteiger partial charge in [0.05, 0.1) is 23.9 Å². The standard InChI is InChI=1S/C17H21N3O3S/c1-4-23-14-7-5-12(6-8-14)19-16(22)15(21)18-9-13-10-24-17(20-13)11(2)3/h5-8,10-11H,4,9H2,1-3H3,(H,18,21)(H,19,22). The van der Waals surface area contributed by atoms with Gasteiger partial charge in [0.2, 0.25) is 0 Å². The van der Waals surface area contributed by atoms with E-state index < -0.39 is 11.8 Å². The maximum absolute atomic E-state index is 11.9. The summed E-state index contributed by atoms with van der Waals surface area (Å²) in [7, 11) is 0. The van der Waals surface area contributed by atoms with Gasteiger partial charge in [0.25, 0.3) is 0 Å². The molecule has 2 rings (SSSR count). The van der Waals surface area contributed by atoms with Crippen molar-refractivity contribution in [1.82, 2.24) is 10.3 Å². The SMILES string of the molecule is CCOc1ccc(NC(=O)C(=O)NCc2csc(C(C)C)n2)cc1. The molecule has 0 aliphatic rings. The van der Waals surface area contributed by atoms with E-state index in [0.29, 0.717) is 24.0 Å². The van der Waals surface area contributed by atoms with Gasteiger partial charge in [-0.25, -0.2) is 4.98 Å². The zero-order valence-electron chi connectivity index (χ0n) is 14.0. The Morgan fingerprint density at radius 2 is 1.92 bits per heavy atom. The zero-order valence-corrected chi connectivity index (χ0v) is 14.8. The lowest BCUT2D eigenvalue weighted by Crippen LogP contribution is -2.35. The van der Waals surface area contributed by atoms with Crippen molar-refractivity contribution in [2.75, 3.05) is 11.9 Å². The Morgan fingerprint density at radius 1 is 1.21 bits per heavy atom. The van der Waals surface area contributed by atoms with Gasteiger partial charge in [-0.05, 0) is 31.2 Å². The molecule has 0 bridgehead atoms. The van der Waals surface area contributed by atoms with Crippen LogP contribution in [0.15, 0.2) is 29.6 Å². The molecule has 0 unspecified atom stereocenters. The first-order chi connectivity index (χ1) is 11.5. The van der Waals surface area contributed by atoms with E-state index >= 15 is 0 Å². The normalized spacial score (nSPS) is 10.5. The molecule has 128 valence electrons. The predicted octanol–water partition coefficient (Wildman–Crippen LogP) is 2.92. The van der Waals surface area contributed by atoms with Crippen molar-refractivity contribution in [3.8, 4) is 5.75 Å². The number of carbonyl (C=O) groups is 2. The molecule has 0 radical (unpaired) electrons. The van der Waals surface area contributed by atoms with Crippen molar-refractivity contribution in [1.29, 1.82) is 0 Å². The highest BCUT2D eigenvalue weighted by Gasteiger charge is 2.14. The van der Waals surface area contributed by atoms with Gasteiger partial charge in [-0.3, -0.25) is 9.59 Å². The van der Waals surface area contributed by atoms with Gasteiger partial charge in [-0.1, -0.05) is 13.8 Å². The average Bonchev–Trinajstić information content (AvgIpc) is 3.04. The molecule has 2 aromatic rings. The molecule has 0 saturated carbocycles. The number of anilines is 1. The Labute approximate surface area is 145 Å². The molecule has 0 aliphatic heterocycles. The molecule has 0 atom stereocenters. The molecule has 1 heterocycles. The molecule has 0 spiro atoms. The number of rotatable bonds is 6. The van der Waals surface area contributed by atoms with Crippen molar-refractivity contribution in [2.45, 2.75) is 33.2 Å². The van der Waals surface area contributed by atoms with E-state index in [4.69, 9.17) is 4.74 Å². The van der Waals surface area contributed by atoms with Crippen LogP contribution in [0.2, 0.25) is 0 Å². The number of hydrogen-bond acceptors (Lipinski definition) is 5. The van der Waals surface area contributed by atoms with Crippen molar-refractivity contribution in [3.63, 3.8) is 0 Å². The topological polar surface area (TPSA) is 80.3 Å². The number of thiazole rings is 1. The Morgan fingerprint density at radius 3 is 2.50 bits per heavy atom. The van der Waals surface area contributed by atoms with Crippen LogP contribution in [-0.4, -0.2) is 23.4 Å². The molecule has 0 saturated heterocycles. The van der Waals surface area contributed by atoms with Gasteiger partial charge in [0, 0.05) is 17.0 Å². The second-order valence-corrected chi connectivity index (χ2v) is 6.32. The van der Waals surface area contributed by atoms with Crippen molar-refractivity contribution >= 4 is 28.8 Å². The summed E-state index contributed by atoms with van der Waals surface area (Å²) in [4.78, 5) is 28.2. The number of benzene rings is 1. The summed E-state index contributed by atoms with van der Waals surface area (Å²) in [6.45, 7) is 6.82. The van der Waals surface area contributed by atoms with Crippen LogP contribution in [0.5, 0.6) is 5.75 Å². The molecule has 0 fully saturated rings. The summed E-state index contributed by atoms with van der Waals surface area (Å²) in [6, 6.07) is 6.84. The maximum Gasteiger partial charge on any atom is 0.313 e. The van der Waals surface area contributed by atoms with Gasteiger partial charge >= 0.3 is 11.8 Å². The predicted molar refractivity (Wildman–Crippen MR) is 94.3 cm³/mol. The molecule has 2 N–H and O–H groups in total. The highest BCUT2D eigenvalue weighted by molar-refractivity contribution is 7.09. The van der Waals surface area contributed by atoms with Gasteiger partial charge in [0.1, 0.15) is 5.75 Å². The van der Waals surface area contributed by atoms with E-state index in [0.717, 1.165) is 10.7 Å². The van der Waals surface area contributed by atoms with Crippen LogP contribution in [0.25, 0.3) is 0 Å². The molecule has 6 nitrogen and oxygen atoms in total. The minimum Gasteiger partial charge on any atom is -0.494 e. The highest BCUT2D eigenvalue weighted by atomic mass is 32.1. The Balaban J connectivity index is 1.84. The van der Waals surface area contributed by atoms with Gasteiger partial charge in [0.15, 0.2) is 0 Å². The summed E-state index contributed by atoms with van der Waals surface area (Å²) in [6.07, 6.45) is 0. The number of nitrogens with zero attached hydrogens (tertiary/aromatic N) is 1. The summed E-state index contributed by atoms with van der Waals surface area (Å²) in [5.74, 6) is -0.340. The summed E-state index contributed by atoms with van der Waals surface area (Å²) in [5, 5.41) is 8.02. The van der Waals surface area contributed by atoms with Gasteiger partial charge in [-0.15, -0.1) is 11.3 Å². The number of carbonyl (C=O) groups excluding carboxylic acids is 2. The smallest absolute Gasteiger partial charge is 0.313 e. The van der Waals surface area contributed by atoms with Crippen LogP contribution in [0.4, 0.5) is 5.69 Å². The van der Waals surface area contributed by atoms with E-state index in [1.54, 1.807) is 35.6 Å². The third-order valence-electron chi connectivity index (χ3n) is 3.12. The third-order valence-corrected chi connectivity index (χ3v) is 4.32. The first kappa shape index (κ1) is 17.9. The van der Waals surface area contributed by atoms with E-state index in [-0.39, 0.29) is 6.54 Å². The van der Waals surface area contributed by atoms with Gasteiger partial charge < -0.3 is 15.4 Å². The summed E-state index contributed by atoms with van der Waals surface area (Å²) < 4.78 is 5.32. The number of ether oxygens (including phenoxy) is 1. The largest absolute Gasteiger partial charge is 0.494 e. The van der Waals surface area contributed by atoms with E-state index in [1.807, 2.05) is 12.3 Å². The molecule has 2 amide bonds. The molecule has 1 aromatic heterocycles. The lowest BCUT2D eigenvalue weighted by atomic mass is 10.2. The number of aromatic nitrogens is 1. The summed E-state index contributed by atoms with van der Waals surface area (Å²) in [5.41, 5.74) is 1.29. The second-order valence-electron chi connectivity index (χ2n) is 5.43. The van der Waals surface area contributed by atoms with Crippen molar-refractivity contribution in [2.24, 2.45) is 0 Å². The number of nitrogens with one attached hydrogen (secondary N) is 2. The van der Waals surface area contributed by atoms with Crippen LogP contribution >= 0.6 is 11.3 Å². The quantitative estimate of drug-likeness (QED) is 0.788. The van der Waals surface area contributed by atoms with E-state index in [9.17, 15) is 9.59 Å². The molecule has 0 aliphatic carbocycles. The van der Waals surface area contributed by atoms with Crippen LogP contribution in [0.1, 0.15) is 37.4 Å². The van der Waals surface area contributed by atoms with E-state index in [2.05, 4.69) is 29.5 Å². The average molecular weight is 347 g/mol. The Hall–Kier alpha value is -2.41. The maximum atomic E-state index is 11.9. The fraction of sp³-hybridized carbons (Fsp3) is 0.353. The first-order valence-electron chi connectivity index (χ1n) is 7.76. The van der Waals surface area contributed by atoms with Gasteiger partial charge in [-0.2, -0.15) is 0 Å². The minimum absolute atomic E-state index is 0.235. The molecule has 1 aromatic carbocycles. The lowest BCUT2D eigenvalue weighted by Gasteiger charge is -2.07. The van der Waals surface area contributed by atoms with Crippen LogP contribution in [0, 0.1) is 0 Å². The van der Waals surface area contributed by atoms with Crippen molar-refractivity contribution < 1.29 is 14.3 Å². The Kier molecular flexibility index (Phi) is 6.31. The highest BCUT2D eigenvalue weighted by Crippen LogP contribution is 2.19. The van der Waals surface area contributed by atoms with Crippen LogP contribution < -0.4 is 15.4 Å². The summed E-state index contributed by atoms with van der Waals surface area (Å²) >= 11 is 1.55. The number of hydrogen-bond donors (Lipinski definition) is 2. The lowest BCUT2D eigenvalue weighted by molar-refractivity contribution is -0.136. The zero-order chi connectivity index (χ0) is 17.5. The molecule has 7 heteroatoms. The number of amides is 2. The molecular weight excluding hydrogens is 326 g/mol. The van der Waals surface area contributed by atoms with Crippen LogP contribution in [-0.2, 0) is 16.1 Å². The first-order valence-corrected chi connectivity index (χ1v) is 8.64. The fourth-order valence-electron chi connectivity index (χ4n) is 1.91. The molecule has 24 heavy (non-hydrogen) atoms. The fourth-order valence-corrected chi connectivity index (χ4v) is 2.74. The second kappa shape index (κ2) is 8.44. The van der Waals surface area contributed by atoms with Crippen molar-refractivity contribution in [3.05, 3.63) is 40.3 Å². The molecular formula is C17H21N3O3S. The minimum atomic E-state index is -0.710. The van der Waals surface area contributed by atoms with E-state index in [1.165, 1.54) is 0 Å². The Bertz CT molecular complexity index is 695. The third kappa shape index (κ3) is 5.06. The van der Waals surface area contributed by atoms with Crippen LogP contribution in [0.3, 0.4) is 0 Å².